The van der Waals surface area contributed by atoms with Crippen molar-refractivity contribution in [1.29, 1.82) is 0 Å². The summed E-state index contributed by atoms with van der Waals surface area (Å²) in [5.74, 6) is 0.570. The number of nitrogens with one attached hydrogen (secondary N) is 1. The van der Waals surface area contributed by atoms with E-state index < -0.39 is 5.60 Å². The summed E-state index contributed by atoms with van der Waals surface area (Å²) in [5, 5.41) is 5.47. The molecule has 0 saturated carbocycles. The maximum absolute atomic E-state index is 13.3. The van der Waals surface area contributed by atoms with Crippen LogP contribution in [0.3, 0.4) is 0 Å². The third kappa shape index (κ3) is 5.92. The lowest BCUT2D eigenvalue weighted by Gasteiger charge is -2.34. The molecule has 0 unspecified atom stereocenters. The van der Waals surface area contributed by atoms with E-state index >= 15 is 0 Å². The van der Waals surface area contributed by atoms with Crippen molar-refractivity contribution in [3.8, 4) is 16.9 Å². The molecule has 2 aromatic heterocycles. The van der Waals surface area contributed by atoms with Crippen LogP contribution in [0.15, 0.2) is 65.5 Å². The standard InChI is InChI=1S/C30H29Cl3N4O3/c1-30(2,3)40-29(39)36-15-13-18(14-16-36)34-25-17-24-20(27(35-25)19-7-4-5-8-21(19)31)11-12-26(38)37(24)28-22(32)9-6-10-23(28)33/h4-12,17-18H,13-16H2,1-3H3,(H,34,35). The maximum Gasteiger partial charge on any atom is 0.410 e. The van der Waals surface area contributed by atoms with Gasteiger partial charge in [0.1, 0.15) is 11.4 Å². The first kappa shape index (κ1) is 28.3. The average molecular weight is 600 g/mol. The number of piperidine rings is 1. The molecule has 0 radical (unpaired) electrons. The lowest BCUT2D eigenvalue weighted by Crippen LogP contribution is -2.44. The molecule has 1 amide bonds. The normalized spacial score (nSPS) is 14.4. The highest BCUT2D eigenvalue weighted by Crippen LogP contribution is 2.36. The van der Waals surface area contributed by atoms with Crippen molar-refractivity contribution in [2.24, 2.45) is 0 Å². The molecule has 0 aliphatic carbocycles. The number of nitrogens with zero attached hydrogens (tertiary/aromatic N) is 3. The number of ether oxygens (including phenoxy) is 1. The average Bonchev–Trinajstić information content (AvgIpc) is 2.89. The van der Waals surface area contributed by atoms with Crippen molar-refractivity contribution >= 4 is 57.6 Å². The van der Waals surface area contributed by atoms with E-state index in [4.69, 9.17) is 44.5 Å². The van der Waals surface area contributed by atoms with Crippen molar-refractivity contribution in [3.63, 3.8) is 0 Å². The Balaban J connectivity index is 1.57. The molecule has 4 aromatic rings. The van der Waals surface area contributed by atoms with Crippen molar-refractivity contribution in [1.82, 2.24) is 14.5 Å². The van der Waals surface area contributed by atoms with Crippen LogP contribution in [-0.2, 0) is 4.74 Å². The summed E-state index contributed by atoms with van der Waals surface area (Å²) in [4.78, 5) is 32.5. The fraction of sp³-hybridized carbons (Fsp3) is 0.300. The highest BCUT2D eigenvalue weighted by Gasteiger charge is 2.27. The lowest BCUT2D eigenvalue weighted by atomic mass is 10.0. The molecule has 1 N–H and O–H groups in total. The Hall–Kier alpha value is -3.26. The smallest absolute Gasteiger partial charge is 0.410 e. The molecule has 1 aliphatic heterocycles. The van der Waals surface area contributed by atoms with Crippen LogP contribution in [0.25, 0.3) is 27.8 Å². The van der Waals surface area contributed by atoms with E-state index in [9.17, 15) is 9.59 Å². The first-order chi connectivity index (χ1) is 19.0. The molecular weight excluding hydrogens is 571 g/mol. The Morgan fingerprint density at radius 2 is 1.60 bits per heavy atom. The molecule has 40 heavy (non-hydrogen) atoms. The number of carbonyl (C=O) groups excluding carboxylic acids is 1. The van der Waals surface area contributed by atoms with Gasteiger partial charge in [-0.25, -0.2) is 9.78 Å². The van der Waals surface area contributed by atoms with Gasteiger partial charge in [0.15, 0.2) is 0 Å². The van der Waals surface area contributed by atoms with Gasteiger partial charge in [0.2, 0.25) is 0 Å². The van der Waals surface area contributed by atoms with Gasteiger partial charge in [0.05, 0.1) is 26.9 Å². The van der Waals surface area contributed by atoms with E-state index in [1.54, 1.807) is 35.2 Å². The van der Waals surface area contributed by atoms with Gasteiger partial charge in [-0.2, -0.15) is 0 Å². The number of hydrogen-bond acceptors (Lipinski definition) is 5. The number of para-hydroxylation sites is 1. The summed E-state index contributed by atoms with van der Waals surface area (Å²) < 4.78 is 7.04. The van der Waals surface area contributed by atoms with Gasteiger partial charge in [-0.1, -0.05) is 59.1 Å². The number of halogens is 3. The summed E-state index contributed by atoms with van der Waals surface area (Å²) in [5.41, 5.74) is 1.50. The monoisotopic (exact) mass is 598 g/mol. The number of benzene rings is 2. The molecule has 1 fully saturated rings. The second-order valence-corrected chi connectivity index (χ2v) is 12.0. The van der Waals surface area contributed by atoms with Crippen molar-refractivity contribution in [3.05, 3.63) is 86.1 Å². The number of fused-ring (bicyclic) bond motifs is 1. The molecule has 1 saturated heterocycles. The molecule has 1 aliphatic rings. The summed E-state index contributed by atoms with van der Waals surface area (Å²) >= 11 is 19.7. The number of hydrogen-bond donors (Lipinski definition) is 1. The van der Waals surface area contributed by atoms with Crippen LogP contribution in [0.2, 0.25) is 15.1 Å². The minimum atomic E-state index is -0.545. The second-order valence-electron chi connectivity index (χ2n) is 10.7. The van der Waals surface area contributed by atoms with E-state index in [1.165, 1.54) is 10.6 Å². The highest BCUT2D eigenvalue weighted by molar-refractivity contribution is 6.38. The zero-order chi connectivity index (χ0) is 28.6. The minimum absolute atomic E-state index is 0.0514. The van der Waals surface area contributed by atoms with Crippen LogP contribution < -0.4 is 10.9 Å². The fourth-order valence-corrected chi connectivity index (χ4v) is 5.64. The SMILES string of the molecule is CC(C)(C)OC(=O)N1CCC(Nc2cc3c(ccc(=O)n3-c3c(Cl)cccc3Cl)c(-c3ccccc3Cl)n2)CC1. The van der Waals surface area contributed by atoms with Gasteiger partial charge in [-0.3, -0.25) is 9.36 Å². The number of amides is 1. The van der Waals surface area contributed by atoms with Gasteiger partial charge < -0.3 is 15.0 Å². The third-order valence-corrected chi connectivity index (χ3v) is 7.62. The Morgan fingerprint density at radius 1 is 0.950 bits per heavy atom. The van der Waals surface area contributed by atoms with Crippen LogP contribution >= 0.6 is 34.8 Å². The summed E-state index contributed by atoms with van der Waals surface area (Å²) in [6.07, 6.45) is 1.10. The molecule has 208 valence electrons. The van der Waals surface area contributed by atoms with Gasteiger partial charge in [-0.05, 0) is 57.9 Å². The summed E-state index contributed by atoms with van der Waals surface area (Å²) in [6, 6.07) is 17.7. The predicted octanol–water partition coefficient (Wildman–Crippen LogP) is 7.82. The van der Waals surface area contributed by atoms with E-state index in [0.29, 0.717) is 69.1 Å². The molecule has 0 bridgehead atoms. The summed E-state index contributed by atoms with van der Waals surface area (Å²) in [6.45, 7) is 6.68. The van der Waals surface area contributed by atoms with Crippen molar-refractivity contribution in [2.75, 3.05) is 18.4 Å². The van der Waals surface area contributed by atoms with Crippen LogP contribution in [0.1, 0.15) is 33.6 Å². The van der Waals surface area contributed by atoms with Gasteiger partial charge in [0, 0.05) is 47.2 Å². The Morgan fingerprint density at radius 3 is 2.25 bits per heavy atom. The molecule has 7 nitrogen and oxygen atoms in total. The van der Waals surface area contributed by atoms with Gasteiger partial charge in [-0.15, -0.1) is 0 Å². The van der Waals surface area contributed by atoms with Gasteiger partial charge >= 0.3 is 6.09 Å². The molecule has 2 aromatic carbocycles. The lowest BCUT2D eigenvalue weighted by molar-refractivity contribution is 0.0210. The number of carbonyl (C=O) groups is 1. The second kappa shape index (κ2) is 11.3. The van der Waals surface area contributed by atoms with Crippen LogP contribution in [-0.4, -0.2) is 45.3 Å². The Labute approximate surface area is 247 Å². The number of likely N-dealkylation sites (tertiary alicyclic amines) is 1. The first-order valence-corrected chi connectivity index (χ1v) is 14.2. The van der Waals surface area contributed by atoms with Crippen LogP contribution in [0, 0.1) is 0 Å². The van der Waals surface area contributed by atoms with Gasteiger partial charge in [0.25, 0.3) is 5.56 Å². The molecule has 0 atom stereocenters. The zero-order valence-electron chi connectivity index (χ0n) is 22.4. The first-order valence-electron chi connectivity index (χ1n) is 13.0. The van der Waals surface area contributed by atoms with E-state index in [-0.39, 0.29) is 17.7 Å². The highest BCUT2D eigenvalue weighted by atomic mass is 35.5. The van der Waals surface area contributed by atoms with E-state index in [1.807, 2.05) is 45.0 Å². The van der Waals surface area contributed by atoms with Crippen LogP contribution in [0.5, 0.6) is 0 Å². The molecule has 5 rings (SSSR count). The Bertz CT molecular complexity index is 1620. The zero-order valence-corrected chi connectivity index (χ0v) is 24.6. The van der Waals surface area contributed by atoms with Crippen LogP contribution in [0.4, 0.5) is 10.6 Å². The minimum Gasteiger partial charge on any atom is -0.444 e. The largest absolute Gasteiger partial charge is 0.444 e. The third-order valence-electron chi connectivity index (χ3n) is 6.68. The Kier molecular flexibility index (Phi) is 8.00. The molecular formula is C30H29Cl3N4O3. The number of pyridine rings is 2. The maximum atomic E-state index is 13.3. The summed E-state index contributed by atoms with van der Waals surface area (Å²) in [7, 11) is 0. The fourth-order valence-electron chi connectivity index (χ4n) is 4.85. The van der Waals surface area contributed by atoms with E-state index in [0.717, 1.165) is 5.56 Å². The quantitative estimate of drug-likeness (QED) is 0.259. The van der Waals surface area contributed by atoms with Crippen molar-refractivity contribution in [2.45, 2.75) is 45.3 Å². The molecule has 3 heterocycles. The number of rotatable bonds is 4. The molecule has 0 spiro atoms. The number of anilines is 1. The number of aromatic nitrogens is 2. The molecule has 10 heteroatoms. The van der Waals surface area contributed by atoms with E-state index in [2.05, 4.69) is 5.32 Å². The topological polar surface area (TPSA) is 76.5 Å². The van der Waals surface area contributed by atoms with Crippen molar-refractivity contribution < 1.29 is 9.53 Å². The predicted molar refractivity (Wildman–Crippen MR) is 162 cm³/mol.